The molecule has 0 saturated carbocycles. The lowest BCUT2D eigenvalue weighted by molar-refractivity contribution is -0.146. The van der Waals surface area contributed by atoms with Gasteiger partial charge in [-0.25, -0.2) is 9.59 Å². The molecule has 1 fully saturated rings. The fourth-order valence-corrected chi connectivity index (χ4v) is 3.09. The second kappa shape index (κ2) is 10.3. The van der Waals surface area contributed by atoms with E-state index in [-0.39, 0.29) is 13.0 Å². The zero-order chi connectivity index (χ0) is 20.5. The Bertz CT molecular complexity index is 731. The van der Waals surface area contributed by atoms with Gasteiger partial charge in [-0.1, -0.05) is 30.3 Å². The highest BCUT2D eigenvalue weighted by Gasteiger charge is 2.37. The molecule has 0 aliphatic carbocycles. The topological polar surface area (TPSA) is 109 Å². The molecule has 0 unspecified atom stereocenters. The van der Waals surface area contributed by atoms with Crippen molar-refractivity contribution in [1.82, 2.24) is 10.2 Å². The third kappa shape index (κ3) is 5.71. The summed E-state index contributed by atoms with van der Waals surface area (Å²) < 4.78 is 10.0. The summed E-state index contributed by atoms with van der Waals surface area (Å²) in [6.07, 6.45) is 0.714. The van der Waals surface area contributed by atoms with Gasteiger partial charge in [-0.3, -0.25) is 9.69 Å². The summed E-state index contributed by atoms with van der Waals surface area (Å²) in [6, 6.07) is 9.65. The van der Waals surface area contributed by atoms with Crippen LogP contribution in [0.5, 0.6) is 0 Å². The first-order valence-electron chi connectivity index (χ1n) is 9.21. The highest BCUT2D eigenvalue weighted by atomic mass is 16.6. The third-order valence-corrected chi connectivity index (χ3v) is 4.61. The molecule has 0 aromatic heterocycles. The van der Waals surface area contributed by atoms with Crippen LogP contribution >= 0.6 is 0 Å². The first kappa shape index (κ1) is 21.2. The smallest absolute Gasteiger partial charge is 0.410 e. The molecule has 2 rings (SSSR count). The molecule has 0 radical (unpaired) electrons. The zero-order valence-electron chi connectivity index (χ0n) is 16.1. The molecule has 28 heavy (non-hydrogen) atoms. The van der Waals surface area contributed by atoms with Crippen LogP contribution < -0.4 is 5.32 Å². The van der Waals surface area contributed by atoms with Crippen LogP contribution in [-0.2, 0) is 25.7 Å². The lowest BCUT2D eigenvalue weighted by Gasteiger charge is -2.25. The Morgan fingerprint density at radius 3 is 2.68 bits per heavy atom. The van der Waals surface area contributed by atoms with E-state index in [0.717, 1.165) is 5.56 Å². The van der Waals surface area contributed by atoms with E-state index >= 15 is 0 Å². The minimum Gasteiger partial charge on any atom is -0.467 e. The van der Waals surface area contributed by atoms with Crippen molar-refractivity contribution in [2.75, 3.05) is 13.7 Å². The predicted molar refractivity (Wildman–Crippen MR) is 99.7 cm³/mol. The molecule has 0 spiro atoms. The highest BCUT2D eigenvalue weighted by molar-refractivity contribution is 5.90. The molecule has 8 nitrogen and oxygen atoms in total. The highest BCUT2D eigenvalue weighted by Crippen LogP contribution is 2.20. The number of carbonyl (C=O) groups is 3. The Hall–Kier alpha value is -3.08. The number of benzene rings is 1. The van der Waals surface area contributed by atoms with Crippen LogP contribution in [0, 0.1) is 17.2 Å². The van der Waals surface area contributed by atoms with Crippen LogP contribution in [0.25, 0.3) is 0 Å². The number of nitrogens with one attached hydrogen (secondary N) is 1. The molecule has 3 atom stereocenters. The molecular weight excluding hydrogens is 362 g/mol. The van der Waals surface area contributed by atoms with Crippen LogP contribution in [0.2, 0.25) is 0 Å². The number of nitrogens with zero attached hydrogens (tertiary/aromatic N) is 2. The Kier molecular flexibility index (Phi) is 7.81. The Morgan fingerprint density at radius 2 is 2.04 bits per heavy atom. The quantitative estimate of drug-likeness (QED) is 0.717. The van der Waals surface area contributed by atoms with E-state index in [1.54, 1.807) is 6.92 Å². The Labute approximate surface area is 164 Å². The van der Waals surface area contributed by atoms with Crippen molar-refractivity contribution in [1.29, 1.82) is 5.26 Å². The number of ether oxygens (including phenoxy) is 2. The van der Waals surface area contributed by atoms with Gasteiger partial charge in [-0.05, 0) is 31.7 Å². The summed E-state index contributed by atoms with van der Waals surface area (Å²) in [5.74, 6) is -1.50. The van der Waals surface area contributed by atoms with Gasteiger partial charge in [0.2, 0.25) is 5.91 Å². The molecule has 2 amide bonds. The first-order valence-corrected chi connectivity index (χ1v) is 9.21. The minimum absolute atomic E-state index is 0.120. The fourth-order valence-electron chi connectivity index (χ4n) is 3.09. The van der Waals surface area contributed by atoms with Gasteiger partial charge in [0, 0.05) is 12.5 Å². The molecule has 1 saturated heterocycles. The van der Waals surface area contributed by atoms with Crippen LogP contribution in [0.3, 0.4) is 0 Å². The zero-order valence-corrected chi connectivity index (χ0v) is 16.1. The third-order valence-electron chi connectivity index (χ3n) is 4.61. The first-order chi connectivity index (χ1) is 13.5. The number of carbonyl (C=O) groups excluding carboxylic acids is 3. The van der Waals surface area contributed by atoms with E-state index in [1.165, 1.54) is 12.0 Å². The number of hydrogen-bond acceptors (Lipinski definition) is 6. The second-order valence-electron chi connectivity index (χ2n) is 6.74. The predicted octanol–water partition coefficient (Wildman–Crippen LogP) is 2.00. The Balaban J connectivity index is 1.97. The monoisotopic (exact) mass is 387 g/mol. The van der Waals surface area contributed by atoms with Gasteiger partial charge in [0.1, 0.15) is 18.7 Å². The lowest BCUT2D eigenvalue weighted by Crippen LogP contribution is -2.51. The lowest BCUT2D eigenvalue weighted by atomic mass is 10.0. The van der Waals surface area contributed by atoms with Crippen molar-refractivity contribution < 1.29 is 23.9 Å². The summed E-state index contributed by atoms with van der Waals surface area (Å²) in [7, 11) is 1.22. The molecular formula is C20H25N3O5. The Morgan fingerprint density at radius 1 is 1.32 bits per heavy atom. The van der Waals surface area contributed by atoms with Crippen molar-refractivity contribution in [3.8, 4) is 6.07 Å². The van der Waals surface area contributed by atoms with Gasteiger partial charge < -0.3 is 14.8 Å². The number of hydrogen-bond donors (Lipinski definition) is 1. The molecule has 1 aliphatic heterocycles. The molecule has 0 bridgehead atoms. The number of methoxy groups -OCH3 is 1. The largest absolute Gasteiger partial charge is 0.467 e. The maximum Gasteiger partial charge on any atom is 0.410 e. The summed E-state index contributed by atoms with van der Waals surface area (Å²) in [6.45, 7) is 2.18. The SMILES string of the molecule is COC(=O)[C@H](C[C@@H](C)C#N)NC(=O)[C@H]1CCCN1C(=O)OCc1ccccc1. The van der Waals surface area contributed by atoms with E-state index in [4.69, 9.17) is 14.7 Å². The maximum atomic E-state index is 12.7. The van der Waals surface area contributed by atoms with Crippen LogP contribution in [0.4, 0.5) is 4.79 Å². The van der Waals surface area contributed by atoms with E-state index in [2.05, 4.69) is 5.32 Å². The van der Waals surface area contributed by atoms with Gasteiger partial charge in [0.25, 0.3) is 0 Å². The number of esters is 1. The molecule has 8 heteroatoms. The molecule has 1 aromatic rings. The van der Waals surface area contributed by atoms with E-state index < -0.39 is 36.0 Å². The van der Waals surface area contributed by atoms with Crippen molar-refractivity contribution in [2.24, 2.45) is 5.92 Å². The van der Waals surface area contributed by atoms with Gasteiger partial charge in [-0.15, -0.1) is 0 Å². The second-order valence-corrected chi connectivity index (χ2v) is 6.74. The van der Waals surface area contributed by atoms with E-state index in [1.807, 2.05) is 36.4 Å². The van der Waals surface area contributed by atoms with Crippen LogP contribution in [0.15, 0.2) is 30.3 Å². The van der Waals surface area contributed by atoms with Gasteiger partial charge >= 0.3 is 12.1 Å². The normalized spacial score (nSPS) is 17.9. The van der Waals surface area contributed by atoms with E-state index in [0.29, 0.717) is 19.4 Å². The maximum absolute atomic E-state index is 12.7. The summed E-state index contributed by atoms with van der Waals surface area (Å²) >= 11 is 0. The van der Waals surface area contributed by atoms with Crippen LogP contribution in [0.1, 0.15) is 31.7 Å². The van der Waals surface area contributed by atoms with E-state index in [9.17, 15) is 14.4 Å². The summed E-state index contributed by atoms with van der Waals surface area (Å²) in [5.41, 5.74) is 0.854. The minimum atomic E-state index is -0.935. The standard InChI is InChI=1S/C20H25N3O5/c1-14(12-21)11-16(19(25)27-2)22-18(24)17-9-6-10-23(17)20(26)28-13-15-7-4-3-5-8-15/h3-5,7-8,14,16-17H,6,9-11,13H2,1-2H3,(H,22,24)/t14-,16+,17-/m1/s1. The van der Waals surface area contributed by atoms with Gasteiger partial charge in [0.15, 0.2) is 0 Å². The van der Waals surface area contributed by atoms with Gasteiger partial charge in [-0.2, -0.15) is 5.26 Å². The van der Waals surface area contributed by atoms with Crippen molar-refractivity contribution >= 4 is 18.0 Å². The molecule has 1 aliphatic rings. The number of rotatable bonds is 7. The number of nitriles is 1. The number of likely N-dealkylation sites (tertiary alicyclic amines) is 1. The summed E-state index contributed by atoms with van der Waals surface area (Å²) in [4.78, 5) is 38.4. The molecule has 1 N–H and O–H groups in total. The molecule has 1 heterocycles. The average Bonchev–Trinajstić information content (AvgIpc) is 3.21. The van der Waals surface area contributed by atoms with Gasteiger partial charge in [0.05, 0.1) is 13.2 Å². The summed E-state index contributed by atoms with van der Waals surface area (Å²) in [5, 5.41) is 11.6. The molecule has 1 aromatic carbocycles. The number of amides is 2. The van der Waals surface area contributed by atoms with Crippen molar-refractivity contribution in [3.63, 3.8) is 0 Å². The fraction of sp³-hybridized carbons (Fsp3) is 0.500. The van der Waals surface area contributed by atoms with Crippen molar-refractivity contribution in [3.05, 3.63) is 35.9 Å². The van der Waals surface area contributed by atoms with Crippen molar-refractivity contribution in [2.45, 2.75) is 44.9 Å². The molecule has 150 valence electrons. The average molecular weight is 387 g/mol. The van der Waals surface area contributed by atoms with Crippen LogP contribution in [-0.4, -0.2) is 48.6 Å².